The van der Waals surface area contributed by atoms with Crippen molar-refractivity contribution in [2.75, 3.05) is 13.2 Å². The van der Waals surface area contributed by atoms with Crippen molar-refractivity contribution in [1.82, 2.24) is 0 Å². The summed E-state index contributed by atoms with van der Waals surface area (Å²) in [6.07, 6.45) is 2.64. The van der Waals surface area contributed by atoms with Crippen LogP contribution in [0.4, 0.5) is 0 Å². The highest BCUT2D eigenvalue weighted by Crippen LogP contribution is 2.26. The third kappa shape index (κ3) is 2.30. The Morgan fingerprint density at radius 3 is 2.27 bits per heavy atom. The standard InChI is InChI=1S/C12H14O3/c13-10-2-1-8(4-11-6-14-11)9(3-10)5-12-7-15-12/h1-3,11-13H,4-7H2. The summed E-state index contributed by atoms with van der Waals surface area (Å²) in [7, 11) is 0. The van der Waals surface area contributed by atoms with Crippen LogP contribution in [0, 0.1) is 0 Å². The van der Waals surface area contributed by atoms with Crippen molar-refractivity contribution in [3.05, 3.63) is 29.3 Å². The molecule has 0 saturated carbocycles. The lowest BCUT2D eigenvalue weighted by atomic mass is 9.99. The molecule has 2 fully saturated rings. The van der Waals surface area contributed by atoms with Gasteiger partial charge in [0, 0.05) is 12.8 Å². The van der Waals surface area contributed by atoms with Gasteiger partial charge >= 0.3 is 0 Å². The van der Waals surface area contributed by atoms with Gasteiger partial charge in [0.25, 0.3) is 0 Å². The second-order valence-electron chi connectivity index (χ2n) is 4.27. The average molecular weight is 206 g/mol. The molecule has 3 rings (SSSR count). The second-order valence-corrected chi connectivity index (χ2v) is 4.27. The number of hydrogen-bond acceptors (Lipinski definition) is 3. The van der Waals surface area contributed by atoms with Crippen molar-refractivity contribution >= 4 is 0 Å². The van der Waals surface area contributed by atoms with Gasteiger partial charge in [0.2, 0.25) is 0 Å². The number of phenolic OH excluding ortho intramolecular Hbond substituents is 1. The first-order chi connectivity index (χ1) is 7.31. The molecule has 1 N–H and O–H groups in total. The summed E-state index contributed by atoms with van der Waals surface area (Å²) in [5.41, 5.74) is 2.49. The SMILES string of the molecule is Oc1ccc(CC2CO2)c(CC2CO2)c1. The van der Waals surface area contributed by atoms with Gasteiger partial charge in [0.05, 0.1) is 25.4 Å². The smallest absolute Gasteiger partial charge is 0.115 e. The largest absolute Gasteiger partial charge is 0.508 e. The highest BCUT2D eigenvalue weighted by atomic mass is 16.6. The van der Waals surface area contributed by atoms with Gasteiger partial charge in [0.1, 0.15) is 5.75 Å². The van der Waals surface area contributed by atoms with Crippen LogP contribution in [0.1, 0.15) is 11.1 Å². The Labute approximate surface area is 88.6 Å². The minimum Gasteiger partial charge on any atom is -0.508 e. The maximum absolute atomic E-state index is 9.45. The number of phenols is 1. The molecule has 2 heterocycles. The van der Waals surface area contributed by atoms with Crippen molar-refractivity contribution in [1.29, 1.82) is 0 Å². The molecule has 1 aromatic carbocycles. The molecule has 15 heavy (non-hydrogen) atoms. The Kier molecular flexibility index (Phi) is 2.15. The van der Waals surface area contributed by atoms with Gasteiger partial charge in [-0.1, -0.05) is 6.07 Å². The molecule has 2 unspecified atom stereocenters. The summed E-state index contributed by atoms with van der Waals surface area (Å²) in [5, 5.41) is 9.45. The minimum atomic E-state index is 0.339. The van der Waals surface area contributed by atoms with Crippen LogP contribution in [0.15, 0.2) is 18.2 Å². The zero-order valence-electron chi connectivity index (χ0n) is 8.48. The topological polar surface area (TPSA) is 45.3 Å². The van der Waals surface area contributed by atoms with Gasteiger partial charge in [-0.3, -0.25) is 0 Å². The molecule has 2 aliphatic rings. The molecule has 2 saturated heterocycles. The third-order valence-corrected chi connectivity index (χ3v) is 2.89. The number of ether oxygens (including phenoxy) is 2. The highest BCUT2D eigenvalue weighted by Gasteiger charge is 2.27. The summed E-state index contributed by atoms with van der Waals surface area (Å²) in [5.74, 6) is 0.339. The fourth-order valence-electron chi connectivity index (χ4n) is 1.86. The second kappa shape index (κ2) is 3.51. The number of benzene rings is 1. The predicted octanol–water partition coefficient (Wildman–Crippen LogP) is 1.27. The van der Waals surface area contributed by atoms with E-state index in [1.54, 1.807) is 6.07 Å². The van der Waals surface area contributed by atoms with Crippen molar-refractivity contribution in [2.24, 2.45) is 0 Å². The van der Waals surface area contributed by atoms with Crippen LogP contribution in [0.25, 0.3) is 0 Å². The molecule has 0 radical (unpaired) electrons. The number of aromatic hydroxyl groups is 1. The van der Waals surface area contributed by atoms with Crippen molar-refractivity contribution in [3.63, 3.8) is 0 Å². The molecule has 0 spiro atoms. The lowest BCUT2D eigenvalue weighted by molar-refractivity contribution is 0.401. The van der Waals surface area contributed by atoms with E-state index in [0.29, 0.717) is 18.0 Å². The van der Waals surface area contributed by atoms with Gasteiger partial charge in [-0.05, 0) is 23.3 Å². The van der Waals surface area contributed by atoms with E-state index in [1.807, 2.05) is 12.1 Å². The van der Waals surface area contributed by atoms with Gasteiger partial charge < -0.3 is 14.6 Å². The number of epoxide rings is 2. The lowest BCUT2D eigenvalue weighted by Gasteiger charge is -2.07. The first-order valence-electron chi connectivity index (χ1n) is 5.35. The van der Waals surface area contributed by atoms with E-state index in [0.717, 1.165) is 26.1 Å². The summed E-state index contributed by atoms with van der Waals surface area (Å²) >= 11 is 0. The Bertz CT molecular complexity index is 367. The molecular weight excluding hydrogens is 192 g/mol. The molecule has 1 aromatic rings. The Hall–Kier alpha value is -1.06. The highest BCUT2D eigenvalue weighted by molar-refractivity contribution is 5.36. The van der Waals surface area contributed by atoms with Crippen molar-refractivity contribution in [3.8, 4) is 5.75 Å². The fraction of sp³-hybridized carbons (Fsp3) is 0.500. The molecule has 2 atom stereocenters. The maximum Gasteiger partial charge on any atom is 0.115 e. The van der Waals surface area contributed by atoms with Crippen LogP contribution < -0.4 is 0 Å². The Morgan fingerprint density at radius 1 is 1.07 bits per heavy atom. The quantitative estimate of drug-likeness (QED) is 0.755. The molecule has 3 nitrogen and oxygen atoms in total. The normalized spacial score (nSPS) is 27.7. The number of hydrogen-bond donors (Lipinski definition) is 1. The zero-order chi connectivity index (χ0) is 10.3. The third-order valence-electron chi connectivity index (χ3n) is 2.89. The molecule has 0 aliphatic carbocycles. The van der Waals surface area contributed by atoms with Crippen LogP contribution in [0.5, 0.6) is 5.75 Å². The first kappa shape index (κ1) is 9.19. The molecular formula is C12H14O3. The molecule has 0 aromatic heterocycles. The van der Waals surface area contributed by atoms with Gasteiger partial charge in [-0.15, -0.1) is 0 Å². The summed E-state index contributed by atoms with van der Waals surface area (Å²) < 4.78 is 10.4. The van der Waals surface area contributed by atoms with E-state index in [9.17, 15) is 5.11 Å². The van der Waals surface area contributed by atoms with E-state index in [-0.39, 0.29) is 0 Å². The summed E-state index contributed by atoms with van der Waals surface area (Å²) in [6, 6.07) is 5.59. The van der Waals surface area contributed by atoms with Crippen LogP contribution >= 0.6 is 0 Å². The fourth-order valence-corrected chi connectivity index (χ4v) is 1.86. The number of rotatable bonds is 4. The molecule has 0 amide bonds. The van der Waals surface area contributed by atoms with Crippen LogP contribution in [-0.4, -0.2) is 30.5 Å². The van der Waals surface area contributed by atoms with E-state index in [4.69, 9.17) is 9.47 Å². The minimum absolute atomic E-state index is 0.339. The van der Waals surface area contributed by atoms with Crippen LogP contribution in [0.3, 0.4) is 0 Å². The van der Waals surface area contributed by atoms with Crippen molar-refractivity contribution < 1.29 is 14.6 Å². The van der Waals surface area contributed by atoms with E-state index in [2.05, 4.69) is 0 Å². The molecule has 3 heteroatoms. The monoisotopic (exact) mass is 206 g/mol. The van der Waals surface area contributed by atoms with Gasteiger partial charge in [-0.2, -0.15) is 0 Å². The first-order valence-corrected chi connectivity index (χ1v) is 5.35. The lowest BCUT2D eigenvalue weighted by Crippen LogP contribution is -2.02. The van der Waals surface area contributed by atoms with Crippen LogP contribution in [-0.2, 0) is 22.3 Å². The van der Waals surface area contributed by atoms with Gasteiger partial charge in [0.15, 0.2) is 0 Å². The predicted molar refractivity (Wildman–Crippen MR) is 55.0 cm³/mol. The van der Waals surface area contributed by atoms with Gasteiger partial charge in [-0.25, -0.2) is 0 Å². The summed E-state index contributed by atoms with van der Waals surface area (Å²) in [6.45, 7) is 1.73. The van der Waals surface area contributed by atoms with E-state index < -0.39 is 0 Å². The van der Waals surface area contributed by atoms with Crippen LogP contribution in [0.2, 0.25) is 0 Å². The van der Waals surface area contributed by atoms with E-state index in [1.165, 1.54) is 11.1 Å². The molecule has 2 aliphatic heterocycles. The van der Waals surface area contributed by atoms with E-state index >= 15 is 0 Å². The van der Waals surface area contributed by atoms with Crippen molar-refractivity contribution in [2.45, 2.75) is 25.0 Å². The Morgan fingerprint density at radius 2 is 1.67 bits per heavy atom. The Balaban J connectivity index is 1.81. The maximum atomic E-state index is 9.45. The molecule has 80 valence electrons. The summed E-state index contributed by atoms with van der Waals surface area (Å²) in [4.78, 5) is 0. The molecule has 0 bridgehead atoms. The zero-order valence-corrected chi connectivity index (χ0v) is 8.48. The average Bonchev–Trinajstić information content (AvgIpc) is 3.04.